The van der Waals surface area contributed by atoms with E-state index in [0.717, 1.165) is 36.3 Å². The molecule has 0 amide bonds. The van der Waals surface area contributed by atoms with Crippen LogP contribution in [0.4, 0.5) is 5.69 Å². The van der Waals surface area contributed by atoms with E-state index >= 15 is 0 Å². The topological polar surface area (TPSA) is 47.6 Å². The second-order valence-corrected chi connectivity index (χ2v) is 7.94. The maximum atomic E-state index is 13.1. The lowest BCUT2D eigenvalue weighted by atomic mass is 9.77. The number of carbonyl (C=O) groups excluding carboxylic acids is 1. The third-order valence-electron chi connectivity index (χ3n) is 5.75. The van der Waals surface area contributed by atoms with Gasteiger partial charge in [-0.15, -0.1) is 0 Å². The fraction of sp³-hybridized carbons (Fsp3) is 0.375. The molecule has 0 bridgehead atoms. The van der Waals surface area contributed by atoms with Crippen LogP contribution >= 0.6 is 0 Å². The van der Waals surface area contributed by atoms with E-state index in [-0.39, 0.29) is 17.8 Å². The number of carbonyl (C=O) groups is 1. The fourth-order valence-corrected chi connectivity index (χ4v) is 4.40. The lowest BCUT2D eigenvalue weighted by molar-refractivity contribution is -0.124. The van der Waals surface area contributed by atoms with Gasteiger partial charge in [0.2, 0.25) is 0 Å². The maximum Gasteiger partial charge on any atom is 0.173 e. The summed E-state index contributed by atoms with van der Waals surface area (Å²) in [6.07, 6.45) is 4.27. The molecule has 4 rings (SSSR count). The molecule has 1 saturated carbocycles. The highest BCUT2D eigenvalue weighted by atomic mass is 16.5. The van der Waals surface area contributed by atoms with Gasteiger partial charge < -0.3 is 14.8 Å². The number of hydrogen-bond donors (Lipinski definition) is 1. The summed E-state index contributed by atoms with van der Waals surface area (Å²) in [6.45, 7) is 4.23. The van der Waals surface area contributed by atoms with Crippen LogP contribution in [0, 0.1) is 19.8 Å². The number of fused-ring (bicyclic) bond motifs is 1. The van der Waals surface area contributed by atoms with E-state index in [9.17, 15) is 4.79 Å². The number of nitrogens with one attached hydrogen (secondary N) is 1. The number of methoxy groups -OCH3 is 1. The monoisotopic (exact) mass is 377 g/mol. The maximum absolute atomic E-state index is 13.1. The van der Waals surface area contributed by atoms with Gasteiger partial charge in [-0.3, -0.25) is 4.79 Å². The van der Waals surface area contributed by atoms with Crippen LogP contribution in [-0.4, -0.2) is 25.0 Å². The van der Waals surface area contributed by atoms with Gasteiger partial charge in [-0.1, -0.05) is 18.2 Å². The van der Waals surface area contributed by atoms with Gasteiger partial charge in [0.15, 0.2) is 5.78 Å². The molecular weight excluding hydrogens is 350 g/mol. The second-order valence-electron chi connectivity index (χ2n) is 7.94. The molecule has 2 aromatic rings. The van der Waals surface area contributed by atoms with Crippen molar-refractivity contribution in [3.63, 3.8) is 0 Å². The molecule has 1 fully saturated rings. The van der Waals surface area contributed by atoms with Gasteiger partial charge in [0, 0.05) is 18.2 Å². The highest BCUT2D eigenvalue weighted by molar-refractivity contribution is 6.22. The van der Waals surface area contributed by atoms with Gasteiger partial charge in [-0.25, -0.2) is 0 Å². The van der Waals surface area contributed by atoms with Crippen molar-refractivity contribution in [2.45, 2.75) is 45.3 Å². The van der Waals surface area contributed by atoms with E-state index in [4.69, 9.17) is 9.47 Å². The largest absolute Gasteiger partial charge is 0.497 e. The number of hydrogen-bond acceptors (Lipinski definition) is 4. The van der Waals surface area contributed by atoms with E-state index < -0.39 is 0 Å². The Balaban J connectivity index is 1.46. The van der Waals surface area contributed by atoms with Crippen LogP contribution in [0.3, 0.4) is 0 Å². The van der Waals surface area contributed by atoms with Crippen molar-refractivity contribution >= 4 is 17.0 Å². The second kappa shape index (κ2) is 7.70. The minimum atomic E-state index is -0.0561. The molecule has 0 spiro atoms. The summed E-state index contributed by atoms with van der Waals surface area (Å²) >= 11 is 0. The van der Waals surface area contributed by atoms with Crippen molar-refractivity contribution in [2.75, 3.05) is 12.4 Å². The minimum absolute atomic E-state index is 0.0494. The van der Waals surface area contributed by atoms with Crippen LogP contribution in [0.2, 0.25) is 0 Å². The van der Waals surface area contributed by atoms with Gasteiger partial charge >= 0.3 is 0 Å². The Morgan fingerprint density at radius 2 is 1.75 bits per heavy atom. The smallest absolute Gasteiger partial charge is 0.173 e. The van der Waals surface area contributed by atoms with Crippen LogP contribution in [-0.2, 0) is 9.53 Å². The molecule has 0 radical (unpaired) electrons. The predicted octanol–water partition coefficient (Wildman–Crippen LogP) is 4.90. The zero-order valence-corrected chi connectivity index (χ0v) is 16.7. The van der Waals surface area contributed by atoms with Crippen molar-refractivity contribution in [1.29, 1.82) is 0 Å². The number of ketones is 1. The number of ether oxygens (including phenoxy) is 2. The molecule has 146 valence electrons. The standard InChI is InChI=1S/C24H27NO3/c1-15-10-16(2)12-19(11-15)25-18-6-9-21-23(13-18)28-14-22(24(21)26)17-4-7-20(27-3)8-5-17/h4-5,7-8,10-12,14,18,21,23,25H,6,9,13H2,1-3H3. The highest BCUT2D eigenvalue weighted by Gasteiger charge is 2.40. The molecule has 4 nitrogen and oxygen atoms in total. The summed E-state index contributed by atoms with van der Waals surface area (Å²) in [7, 11) is 1.64. The van der Waals surface area contributed by atoms with Crippen molar-refractivity contribution < 1.29 is 14.3 Å². The zero-order valence-electron chi connectivity index (χ0n) is 16.7. The Bertz CT molecular complexity index is 880. The minimum Gasteiger partial charge on any atom is -0.497 e. The van der Waals surface area contributed by atoms with Crippen molar-refractivity contribution in [2.24, 2.45) is 5.92 Å². The van der Waals surface area contributed by atoms with E-state index in [1.165, 1.54) is 11.1 Å². The summed E-state index contributed by atoms with van der Waals surface area (Å²) in [5.74, 6) is 0.926. The van der Waals surface area contributed by atoms with Crippen LogP contribution in [0.5, 0.6) is 5.75 Å². The van der Waals surface area contributed by atoms with E-state index in [1.54, 1.807) is 13.4 Å². The third kappa shape index (κ3) is 3.77. The van der Waals surface area contributed by atoms with Gasteiger partial charge in [-0.2, -0.15) is 0 Å². The van der Waals surface area contributed by atoms with Crippen LogP contribution in [0.1, 0.15) is 36.0 Å². The molecule has 0 saturated heterocycles. The zero-order chi connectivity index (χ0) is 19.7. The Morgan fingerprint density at radius 1 is 1.04 bits per heavy atom. The first kappa shape index (κ1) is 18.6. The summed E-state index contributed by atoms with van der Waals surface area (Å²) < 4.78 is 11.2. The first-order chi connectivity index (χ1) is 13.5. The molecule has 28 heavy (non-hydrogen) atoms. The SMILES string of the molecule is COc1ccc(C2=COC3CC(Nc4cc(C)cc(C)c4)CCC3C2=O)cc1. The van der Waals surface area contributed by atoms with Gasteiger partial charge in [0.05, 0.1) is 24.9 Å². The first-order valence-electron chi connectivity index (χ1n) is 9.92. The molecule has 3 atom stereocenters. The predicted molar refractivity (Wildman–Crippen MR) is 112 cm³/mol. The highest BCUT2D eigenvalue weighted by Crippen LogP contribution is 2.37. The Hall–Kier alpha value is -2.75. The average molecular weight is 377 g/mol. The van der Waals surface area contributed by atoms with Crippen LogP contribution in [0.15, 0.2) is 48.7 Å². The van der Waals surface area contributed by atoms with Crippen LogP contribution < -0.4 is 10.1 Å². The summed E-state index contributed by atoms with van der Waals surface area (Å²) in [5.41, 5.74) is 5.22. The number of allylic oxidation sites excluding steroid dienone is 1. The van der Waals surface area contributed by atoms with E-state index in [0.29, 0.717) is 11.6 Å². The molecule has 1 aliphatic carbocycles. The molecule has 2 aliphatic rings. The Morgan fingerprint density at radius 3 is 2.43 bits per heavy atom. The van der Waals surface area contributed by atoms with Gasteiger partial charge in [0.1, 0.15) is 11.9 Å². The molecular formula is C24H27NO3. The normalized spacial score (nSPS) is 24.0. The van der Waals surface area contributed by atoms with E-state index in [2.05, 4.69) is 37.4 Å². The molecule has 4 heteroatoms. The number of Topliss-reactive ketones (excluding diaryl/α,β-unsaturated/α-hetero) is 1. The average Bonchev–Trinajstić information content (AvgIpc) is 2.68. The lowest BCUT2D eigenvalue weighted by Crippen LogP contribution is -2.42. The number of anilines is 1. The van der Waals surface area contributed by atoms with Gasteiger partial charge in [-0.05, 0) is 67.6 Å². The molecule has 1 N–H and O–H groups in total. The molecule has 1 heterocycles. The molecule has 0 aromatic heterocycles. The summed E-state index contributed by atoms with van der Waals surface area (Å²) in [4.78, 5) is 13.1. The summed E-state index contributed by atoms with van der Waals surface area (Å²) in [6, 6.07) is 14.4. The summed E-state index contributed by atoms with van der Waals surface area (Å²) in [5, 5.41) is 3.64. The quantitative estimate of drug-likeness (QED) is 0.823. The number of benzene rings is 2. The van der Waals surface area contributed by atoms with Crippen molar-refractivity contribution in [3.05, 3.63) is 65.4 Å². The van der Waals surface area contributed by atoms with E-state index in [1.807, 2.05) is 24.3 Å². The van der Waals surface area contributed by atoms with Crippen molar-refractivity contribution in [3.8, 4) is 5.75 Å². The first-order valence-corrected chi connectivity index (χ1v) is 9.92. The Kier molecular flexibility index (Phi) is 5.12. The van der Waals surface area contributed by atoms with Crippen LogP contribution in [0.25, 0.3) is 5.57 Å². The molecule has 1 aliphatic heterocycles. The number of aryl methyl sites for hydroxylation is 2. The van der Waals surface area contributed by atoms with Gasteiger partial charge in [0.25, 0.3) is 0 Å². The third-order valence-corrected chi connectivity index (χ3v) is 5.75. The number of rotatable bonds is 4. The lowest BCUT2D eigenvalue weighted by Gasteiger charge is -2.38. The fourth-order valence-electron chi connectivity index (χ4n) is 4.40. The molecule has 2 aromatic carbocycles. The Labute approximate surface area is 166 Å². The molecule has 3 unspecified atom stereocenters. The van der Waals surface area contributed by atoms with Crippen molar-refractivity contribution in [1.82, 2.24) is 0 Å².